The number of aromatic nitrogens is 2. The monoisotopic (exact) mass is 238 g/mol. The molecule has 1 heterocycles. The van der Waals surface area contributed by atoms with Crippen LogP contribution in [0.2, 0.25) is 0 Å². The second-order valence-electron chi connectivity index (χ2n) is 4.56. The lowest BCUT2D eigenvalue weighted by Gasteiger charge is -2.06. The summed E-state index contributed by atoms with van der Waals surface area (Å²) in [6, 6.07) is 11.4. The van der Waals surface area contributed by atoms with Gasteiger partial charge < -0.3 is 5.11 Å². The molecular weight excluding hydrogens is 224 g/mol. The van der Waals surface area contributed by atoms with E-state index >= 15 is 0 Å². The number of rotatable bonds is 1. The van der Waals surface area contributed by atoms with Crippen LogP contribution >= 0.6 is 0 Å². The Kier molecular flexibility index (Phi) is 2.33. The van der Waals surface area contributed by atoms with Crippen molar-refractivity contribution in [1.29, 1.82) is 0 Å². The van der Waals surface area contributed by atoms with E-state index in [4.69, 9.17) is 0 Å². The fourth-order valence-corrected chi connectivity index (χ4v) is 2.08. The zero-order valence-corrected chi connectivity index (χ0v) is 10.4. The predicted molar refractivity (Wildman–Crippen MR) is 72.2 cm³/mol. The maximum absolute atomic E-state index is 9.32. The van der Waals surface area contributed by atoms with E-state index in [1.54, 1.807) is 12.1 Å². The molecule has 3 heteroatoms. The van der Waals surface area contributed by atoms with E-state index in [0.717, 1.165) is 16.7 Å². The lowest BCUT2D eigenvalue weighted by Crippen LogP contribution is -1.92. The lowest BCUT2D eigenvalue weighted by molar-refractivity contribution is 0.475. The summed E-state index contributed by atoms with van der Waals surface area (Å²) >= 11 is 0. The van der Waals surface area contributed by atoms with Crippen LogP contribution in [0, 0.1) is 13.8 Å². The Morgan fingerprint density at radius 1 is 1.00 bits per heavy atom. The van der Waals surface area contributed by atoms with Gasteiger partial charge in [-0.25, -0.2) is 4.98 Å². The van der Waals surface area contributed by atoms with Crippen molar-refractivity contribution in [3.8, 4) is 11.4 Å². The maximum atomic E-state index is 9.32. The van der Waals surface area contributed by atoms with Crippen molar-refractivity contribution in [2.75, 3.05) is 0 Å². The summed E-state index contributed by atoms with van der Waals surface area (Å²) in [5.74, 6) is 0.273. The number of hydrogen-bond acceptors (Lipinski definition) is 2. The third-order valence-corrected chi connectivity index (χ3v) is 3.29. The molecular formula is C15H14N2O. The lowest BCUT2D eigenvalue weighted by atomic mass is 10.1. The summed E-state index contributed by atoms with van der Waals surface area (Å²) in [6.45, 7) is 4.19. The van der Waals surface area contributed by atoms with E-state index in [2.05, 4.69) is 31.0 Å². The SMILES string of the molecule is Cc1cc2ncn(-c3ccc(O)cc3)c2cc1C. The highest BCUT2D eigenvalue weighted by atomic mass is 16.3. The third kappa shape index (κ3) is 1.64. The molecule has 0 spiro atoms. The van der Waals surface area contributed by atoms with Gasteiger partial charge in [0.1, 0.15) is 12.1 Å². The molecule has 0 fully saturated rings. The van der Waals surface area contributed by atoms with Crippen molar-refractivity contribution in [2.24, 2.45) is 0 Å². The minimum atomic E-state index is 0.273. The highest BCUT2D eigenvalue weighted by Crippen LogP contribution is 2.22. The molecule has 0 radical (unpaired) electrons. The molecule has 0 aliphatic rings. The average molecular weight is 238 g/mol. The molecule has 0 bridgehead atoms. The molecule has 3 aromatic rings. The van der Waals surface area contributed by atoms with Crippen LogP contribution in [-0.2, 0) is 0 Å². The van der Waals surface area contributed by atoms with Crippen molar-refractivity contribution in [3.63, 3.8) is 0 Å². The first-order valence-electron chi connectivity index (χ1n) is 5.89. The number of phenols is 1. The molecule has 0 saturated heterocycles. The molecule has 18 heavy (non-hydrogen) atoms. The van der Waals surface area contributed by atoms with Crippen LogP contribution in [0.5, 0.6) is 5.75 Å². The molecule has 90 valence electrons. The zero-order valence-electron chi connectivity index (χ0n) is 10.4. The van der Waals surface area contributed by atoms with E-state index in [1.165, 1.54) is 11.1 Å². The van der Waals surface area contributed by atoms with Gasteiger partial charge in [0.2, 0.25) is 0 Å². The van der Waals surface area contributed by atoms with Crippen molar-refractivity contribution in [1.82, 2.24) is 9.55 Å². The van der Waals surface area contributed by atoms with Gasteiger partial charge in [0.25, 0.3) is 0 Å². The van der Waals surface area contributed by atoms with Gasteiger partial charge in [-0.05, 0) is 61.4 Å². The van der Waals surface area contributed by atoms with Gasteiger partial charge in [-0.1, -0.05) is 0 Å². The molecule has 0 saturated carbocycles. The Bertz CT molecular complexity index is 711. The van der Waals surface area contributed by atoms with Gasteiger partial charge in [0.05, 0.1) is 11.0 Å². The summed E-state index contributed by atoms with van der Waals surface area (Å²) in [5, 5.41) is 9.32. The van der Waals surface area contributed by atoms with Gasteiger partial charge in [0, 0.05) is 5.69 Å². The molecule has 0 unspecified atom stereocenters. The molecule has 0 amide bonds. The van der Waals surface area contributed by atoms with Gasteiger partial charge in [-0.3, -0.25) is 4.57 Å². The smallest absolute Gasteiger partial charge is 0.115 e. The fourth-order valence-electron chi connectivity index (χ4n) is 2.08. The number of aromatic hydroxyl groups is 1. The van der Waals surface area contributed by atoms with Gasteiger partial charge in [0.15, 0.2) is 0 Å². The van der Waals surface area contributed by atoms with Crippen LogP contribution in [0.25, 0.3) is 16.7 Å². The molecule has 1 aromatic heterocycles. The quantitative estimate of drug-likeness (QED) is 0.706. The Balaban J connectivity index is 2.23. The standard InChI is InChI=1S/C15H14N2O/c1-10-7-14-15(8-11(10)2)17(9-16-14)12-3-5-13(18)6-4-12/h3-9,18H,1-2H3. The average Bonchev–Trinajstić information content (AvgIpc) is 2.74. The minimum Gasteiger partial charge on any atom is -0.508 e. The van der Waals surface area contributed by atoms with E-state index in [0.29, 0.717) is 0 Å². The number of imidazole rings is 1. The minimum absolute atomic E-state index is 0.273. The van der Waals surface area contributed by atoms with Gasteiger partial charge >= 0.3 is 0 Å². The maximum Gasteiger partial charge on any atom is 0.115 e. The Morgan fingerprint density at radius 3 is 2.39 bits per heavy atom. The first kappa shape index (κ1) is 10.8. The number of benzene rings is 2. The highest BCUT2D eigenvalue weighted by molar-refractivity contribution is 5.79. The van der Waals surface area contributed by atoms with E-state index in [-0.39, 0.29) is 5.75 Å². The third-order valence-electron chi connectivity index (χ3n) is 3.29. The Labute approximate surface area is 105 Å². The summed E-state index contributed by atoms with van der Waals surface area (Å²) in [6.07, 6.45) is 1.82. The second kappa shape index (κ2) is 3.88. The Hall–Kier alpha value is -2.29. The van der Waals surface area contributed by atoms with E-state index < -0.39 is 0 Å². The van der Waals surface area contributed by atoms with Crippen molar-refractivity contribution < 1.29 is 5.11 Å². The number of hydrogen-bond donors (Lipinski definition) is 1. The van der Waals surface area contributed by atoms with Crippen molar-refractivity contribution in [3.05, 3.63) is 53.9 Å². The first-order valence-corrected chi connectivity index (χ1v) is 5.89. The topological polar surface area (TPSA) is 38.0 Å². The molecule has 3 nitrogen and oxygen atoms in total. The molecule has 1 N–H and O–H groups in total. The van der Waals surface area contributed by atoms with E-state index in [9.17, 15) is 5.11 Å². The fraction of sp³-hybridized carbons (Fsp3) is 0.133. The highest BCUT2D eigenvalue weighted by Gasteiger charge is 2.06. The molecule has 0 aliphatic heterocycles. The first-order chi connectivity index (χ1) is 8.65. The van der Waals surface area contributed by atoms with Gasteiger partial charge in [-0.15, -0.1) is 0 Å². The van der Waals surface area contributed by atoms with Crippen LogP contribution in [0.4, 0.5) is 0 Å². The number of nitrogens with zero attached hydrogens (tertiary/aromatic N) is 2. The zero-order chi connectivity index (χ0) is 12.7. The number of aryl methyl sites for hydroxylation is 2. The molecule has 0 aliphatic carbocycles. The van der Waals surface area contributed by atoms with E-state index in [1.807, 2.05) is 23.0 Å². The largest absolute Gasteiger partial charge is 0.508 e. The van der Waals surface area contributed by atoms with Crippen molar-refractivity contribution >= 4 is 11.0 Å². The van der Waals surface area contributed by atoms with Crippen LogP contribution < -0.4 is 0 Å². The molecule has 2 aromatic carbocycles. The summed E-state index contributed by atoms with van der Waals surface area (Å²) in [4.78, 5) is 4.42. The van der Waals surface area contributed by atoms with Crippen LogP contribution in [0.3, 0.4) is 0 Å². The van der Waals surface area contributed by atoms with Crippen molar-refractivity contribution in [2.45, 2.75) is 13.8 Å². The predicted octanol–water partition coefficient (Wildman–Crippen LogP) is 3.35. The second-order valence-corrected chi connectivity index (χ2v) is 4.56. The van der Waals surface area contributed by atoms with Crippen LogP contribution in [0.15, 0.2) is 42.7 Å². The molecule has 3 rings (SSSR count). The summed E-state index contributed by atoms with van der Waals surface area (Å²) in [7, 11) is 0. The normalized spacial score (nSPS) is 11.0. The Morgan fingerprint density at radius 2 is 1.67 bits per heavy atom. The summed E-state index contributed by atoms with van der Waals surface area (Å²) < 4.78 is 2.03. The van der Waals surface area contributed by atoms with Crippen LogP contribution in [-0.4, -0.2) is 14.7 Å². The number of fused-ring (bicyclic) bond motifs is 1. The number of phenolic OH excluding ortho intramolecular Hbond substituents is 1. The molecule has 0 atom stereocenters. The van der Waals surface area contributed by atoms with Crippen LogP contribution in [0.1, 0.15) is 11.1 Å². The summed E-state index contributed by atoms with van der Waals surface area (Å²) in [5.41, 5.74) is 5.58. The van der Waals surface area contributed by atoms with Gasteiger partial charge in [-0.2, -0.15) is 0 Å².